The predicted octanol–water partition coefficient (Wildman–Crippen LogP) is 4.46. The zero-order valence-electron chi connectivity index (χ0n) is 17.0. The Bertz CT molecular complexity index is 838. The Kier molecular flexibility index (Phi) is 6.83. The quantitative estimate of drug-likeness (QED) is 0.780. The Morgan fingerprint density at radius 2 is 2.00 bits per heavy atom. The SMILES string of the molecule is CCCc1sc(C(=O)N2CCC(C(=O)Nc3cc(C)ccn3)CC2)cc1CC. The lowest BCUT2D eigenvalue weighted by molar-refractivity contribution is -0.121. The number of nitrogens with one attached hydrogen (secondary N) is 1. The van der Waals surface area contributed by atoms with E-state index in [1.807, 2.05) is 24.0 Å². The van der Waals surface area contributed by atoms with E-state index < -0.39 is 0 Å². The molecule has 3 heterocycles. The van der Waals surface area contributed by atoms with E-state index in [9.17, 15) is 9.59 Å². The van der Waals surface area contributed by atoms with Gasteiger partial charge < -0.3 is 10.2 Å². The zero-order chi connectivity index (χ0) is 20.1. The number of carbonyl (C=O) groups excluding carboxylic acids is 2. The monoisotopic (exact) mass is 399 g/mol. The first-order valence-electron chi connectivity index (χ1n) is 10.2. The number of hydrogen-bond donors (Lipinski definition) is 1. The number of piperidine rings is 1. The van der Waals surface area contributed by atoms with Crippen molar-refractivity contribution in [1.82, 2.24) is 9.88 Å². The molecule has 1 N–H and O–H groups in total. The van der Waals surface area contributed by atoms with E-state index in [0.717, 1.165) is 29.7 Å². The highest BCUT2D eigenvalue weighted by molar-refractivity contribution is 7.14. The Balaban J connectivity index is 1.57. The van der Waals surface area contributed by atoms with E-state index in [1.54, 1.807) is 17.5 Å². The van der Waals surface area contributed by atoms with Gasteiger partial charge in [0.05, 0.1) is 4.88 Å². The molecule has 1 aliphatic rings. The van der Waals surface area contributed by atoms with Gasteiger partial charge in [-0.05, 0) is 61.9 Å². The van der Waals surface area contributed by atoms with Gasteiger partial charge in [0.1, 0.15) is 5.82 Å². The maximum Gasteiger partial charge on any atom is 0.263 e. The second-order valence-electron chi connectivity index (χ2n) is 7.44. The third kappa shape index (κ3) is 4.79. The lowest BCUT2D eigenvalue weighted by Gasteiger charge is -2.31. The normalized spacial score (nSPS) is 14.9. The number of amides is 2. The summed E-state index contributed by atoms with van der Waals surface area (Å²) >= 11 is 1.64. The van der Waals surface area contributed by atoms with Crippen LogP contribution in [0.3, 0.4) is 0 Å². The van der Waals surface area contributed by atoms with Gasteiger partial charge in [0.15, 0.2) is 0 Å². The molecule has 150 valence electrons. The van der Waals surface area contributed by atoms with Crippen LogP contribution in [0.2, 0.25) is 0 Å². The topological polar surface area (TPSA) is 62.3 Å². The molecule has 0 bridgehead atoms. The molecule has 0 atom stereocenters. The molecule has 2 aromatic rings. The highest BCUT2D eigenvalue weighted by Crippen LogP contribution is 2.28. The average molecular weight is 400 g/mol. The maximum absolute atomic E-state index is 12.9. The molecule has 1 fully saturated rings. The van der Waals surface area contributed by atoms with Gasteiger partial charge in [-0.25, -0.2) is 4.98 Å². The predicted molar refractivity (Wildman–Crippen MR) is 114 cm³/mol. The first kappa shape index (κ1) is 20.5. The van der Waals surface area contributed by atoms with Gasteiger partial charge >= 0.3 is 0 Å². The molecule has 2 aromatic heterocycles. The summed E-state index contributed by atoms with van der Waals surface area (Å²) in [5, 5.41) is 2.91. The first-order valence-corrected chi connectivity index (χ1v) is 11.0. The second kappa shape index (κ2) is 9.32. The summed E-state index contributed by atoms with van der Waals surface area (Å²) in [4.78, 5) is 33.7. The molecular formula is C22H29N3O2S. The number of thiophene rings is 1. The summed E-state index contributed by atoms with van der Waals surface area (Å²) < 4.78 is 0. The van der Waals surface area contributed by atoms with E-state index in [-0.39, 0.29) is 17.7 Å². The molecule has 5 nitrogen and oxygen atoms in total. The second-order valence-corrected chi connectivity index (χ2v) is 8.57. The Hall–Kier alpha value is -2.21. The molecule has 0 unspecified atom stereocenters. The molecule has 1 saturated heterocycles. The van der Waals surface area contributed by atoms with Crippen molar-refractivity contribution < 1.29 is 9.59 Å². The lowest BCUT2D eigenvalue weighted by Crippen LogP contribution is -2.41. The summed E-state index contributed by atoms with van der Waals surface area (Å²) in [6.07, 6.45) is 6.18. The zero-order valence-corrected chi connectivity index (χ0v) is 17.8. The number of nitrogens with zero attached hydrogens (tertiary/aromatic N) is 2. The first-order chi connectivity index (χ1) is 13.5. The summed E-state index contributed by atoms with van der Waals surface area (Å²) in [5.41, 5.74) is 2.37. The number of carbonyl (C=O) groups is 2. The van der Waals surface area contributed by atoms with Crippen LogP contribution in [0.5, 0.6) is 0 Å². The van der Waals surface area contributed by atoms with Crippen LogP contribution in [0.1, 0.15) is 58.8 Å². The summed E-state index contributed by atoms with van der Waals surface area (Å²) in [6, 6.07) is 5.84. The van der Waals surface area contributed by atoms with Crippen LogP contribution in [-0.2, 0) is 17.6 Å². The fourth-order valence-corrected chi connectivity index (χ4v) is 4.97. The van der Waals surface area contributed by atoms with Crippen LogP contribution in [0, 0.1) is 12.8 Å². The summed E-state index contributed by atoms with van der Waals surface area (Å²) in [6.45, 7) is 7.54. The molecule has 0 aromatic carbocycles. The number of likely N-dealkylation sites (tertiary alicyclic amines) is 1. The molecule has 0 saturated carbocycles. The standard InChI is InChI=1S/C22H29N3O2S/c1-4-6-18-16(5-2)14-19(28-18)22(27)25-11-8-17(9-12-25)21(26)24-20-13-15(3)7-10-23-20/h7,10,13-14,17H,4-6,8-9,11-12H2,1-3H3,(H,23,24,26). The highest BCUT2D eigenvalue weighted by Gasteiger charge is 2.29. The summed E-state index contributed by atoms with van der Waals surface area (Å²) in [7, 11) is 0. The van der Waals surface area contributed by atoms with Crippen LogP contribution in [-0.4, -0.2) is 34.8 Å². The molecule has 6 heteroatoms. The highest BCUT2D eigenvalue weighted by atomic mass is 32.1. The smallest absolute Gasteiger partial charge is 0.263 e. The molecule has 28 heavy (non-hydrogen) atoms. The number of aryl methyl sites for hydroxylation is 3. The van der Waals surface area contributed by atoms with Crippen molar-refractivity contribution in [3.63, 3.8) is 0 Å². The molecule has 0 aliphatic carbocycles. The number of hydrogen-bond acceptors (Lipinski definition) is 4. The third-order valence-corrected chi connectivity index (χ3v) is 6.51. The van der Waals surface area contributed by atoms with Gasteiger partial charge in [-0.1, -0.05) is 20.3 Å². The van der Waals surface area contributed by atoms with Crippen LogP contribution < -0.4 is 5.32 Å². The van der Waals surface area contributed by atoms with E-state index in [2.05, 4.69) is 30.2 Å². The fraction of sp³-hybridized carbons (Fsp3) is 0.500. The molecule has 2 amide bonds. The van der Waals surface area contributed by atoms with E-state index in [1.165, 1.54) is 10.4 Å². The molecule has 3 rings (SSSR count). The van der Waals surface area contributed by atoms with Crippen molar-refractivity contribution >= 4 is 29.0 Å². The van der Waals surface area contributed by atoms with Crippen molar-refractivity contribution in [2.24, 2.45) is 5.92 Å². The van der Waals surface area contributed by atoms with Crippen molar-refractivity contribution in [2.75, 3.05) is 18.4 Å². The van der Waals surface area contributed by atoms with Crippen molar-refractivity contribution in [3.8, 4) is 0 Å². The largest absolute Gasteiger partial charge is 0.338 e. The number of pyridine rings is 1. The number of anilines is 1. The Morgan fingerprint density at radius 1 is 1.25 bits per heavy atom. The van der Waals surface area contributed by atoms with Gasteiger partial charge in [-0.2, -0.15) is 0 Å². The van der Waals surface area contributed by atoms with Crippen molar-refractivity contribution in [1.29, 1.82) is 0 Å². The number of aromatic nitrogens is 1. The van der Waals surface area contributed by atoms with Gasteiger partial charge in [-0.3, -0.25) is 9.59 Å². The molecule has 1 aliphatic heterocycles. The van der Waals surface area contributed by atoms with Crippen LogP contribution in [0.15, 0.2) is 24.4 Å². The van der Waals surface area contributed by atoms with Crippen LogP contribution >= 0.6 is 11.3 Å². The van der Waals surface area contributed by atoms with Gasteiger partial charge in [0.2, 0.25) is 5.91 Å². The third-order valence-electron chi connectivity index (χ3n) is 5.29. The number of rotatable bonds is 6. The Morgan fingerprint density at radius 3 is 2.64 bits per heavy atom. The Labute approximate surface area is 171 Å². The van der Waals surface area contributed by atoms with Gasteiger partial charge in [0, 0.05) is 30.1 Å². The molecule has 0 radical (unpaired) electrons. The van der Waals surface area contributed by atoms with E-state index >= 15 is 0 Å². The fourth-order valence-electron chi connectivity index (χ4n) is 3.64. The van der Waals surface area contributed by atoms with Crippen molar-refractivity contribution in [2.45, 2.75) is 52.9 Å². The average Bonchev–Trinajstić information content (AvgIpc) is 3.11. The lowest BCUT2D eigenvalue weighted by atomic mass is 9.95. The molecule has 0 spiro atoms. The minimum absolute atomic E-state index is 0.000163. The van der Waals surface area contributed by atoms with Gasteiger partial charge in [-0.15, -0.1) is 11.3 Å². The summed E-state index contributed by atoms with van der Waals surface area (Å²) in [5.74, 6) is 0.635. The van der Waals surface area contributed by atoms with Crippen molar-refractivity contribution in [3.05, 3.63) is 45.3 Å². The van der Waals surface area contributed by atoms with Gasteiger partial charge in [0.25, 0.3) is 5.91 Å². The maximum atomic E-state index is 12.9. The molecular weight excluding hydrogens is 370 g/mol. The van der Waals surface area contributed by atoms with E-state index in [0.29, 0.717) is 31.7 Å². The minimum atomic E-state index is -0.0726. The minimum Gasteiger partial charge on any atom is -0.338 e. The van der Waals surface area contributed by atoms with E-state index in [4.69, 9.17) is 0 Å². The van der Waals surface area contributed by atoms with Crippen LogP contribution in [0.4, 0.5) is 5.82 Å². The van der Waals surface area contributed by atoms with Crippen LogP contribution in [0.25, 0.3) is 0 Å².